The van der Waals surface area contributed by atoms with E-state index in [1.807, 2.05) is 18.2 Å². The van der Waals surface area contributed by atoms with Gasteiger partial charge in [0.05, 0.1) is 17.5 Å². The van der Waals surface area contributed by atoms with Gasteiger partial charge in [-0.05, 0) is 23.8 Å². The van der Waals surface area contributed by atoms with Crippen molar-refractivity contribution in [3.63, 3.8) is 0 Å². The molecule has 6 heteroatoms. The van der Waals surface area contributed by atoms with E-state index in [4.69, 9.17) is 11.6 Å². The van der Waals surface area contributed by atoms with Crippen LogP contribution in [0, 0.1) is 0 Å². The first-order valence-electron chi connectivity index (χ1n) is 7.11. The van der Waals surface area contributed by atoms with Crippen LogP contribution < -0.4 is 10.9 Å². The van der Waals surface area contributed by atoms with Crippen molar-refractivity contribution in [2.24, 2.45) is 0 Å². The fourth-order valence-corrected chi connectivity index (χ4v) is 2.58. The maximum absolute atomic E-state index is 12.1. The van der Waals surface area contributed by atoms with Crippen LogP contribution in [0.25, 0.3) is 10.8 Å². The van der Waals surface area contributed by atoms with Gasteiger partial charge in [0.2, 0.25) is 5.91 Å². The lowest BCUT2D eigenvalue weighted by molar-refractivity contribution is -0.120. The van der Waals surface area contributed by atoms with Gasteiger partial charge in [0, 0.05) is 17.0 Å². The topological polar surface area (TPSA) is 74.8 Å². The highest BCUT2D eigenvalue weighted by molar-refractivity contribution is 6.30. The van der Waals surface area contributed by atoms with E-state index in [0.29, 0.717) is 28.0 Å². The number of H-pyrrole nitrogens is 1. The van der Waals surface area contributed by atoms with E-state index in [-0.39, 0.29) is 17.9 Å². The Morgan fingerprint density at radius 2 is 1.91 bits per heavy atom. The van der Waals surface area contributed by atoms with Gasteiger partial charge in [0.25, 0.3) is 5.56 Å². The number of rotatable bonds is 4. The number of amides is 1. The second-order valence-electron chi connectivity index (χ2n) is 5.13. The molecule has 0 bridgehead atoms. The summed E-state index contributed by atoms with van der Waals surface area (Å²) in [5.74, 6) is -0.172. The van der Waals surface area contributed by atoms with Crippen LogP contribution in [0.1, 0.15) is 11.3 Å². The van der Waals surface area contributed by atoms with E-state index in [2.05, 4.69) is 15.5 Å². The number of nitrogens with one attached hydrogen (secondary N) is 2. The van der Waals surface area contributed by atoms with Crippen molar-refractivity contribution in [1.82, 2.24) is 15.5 Å². The third-order valence-electron chi connectivity index (χ3n) is 3.48. The van der Waals surface area contributed by atoms with E-state index in [0.717, 1.165) is 5.56 Å². The smallest absolute Gasteiger partial charge is 0.272 e. The van der Waals surface area contributed by atoms with Gasteiger partial charge in [-0.25, -0.2) is 5.10 Å². The molecule has 0 aliphatic carbocycles. The van der Waals surface area contributed by atoms with E-state index in [1.165, 1.54) is 0 Å². The molecule has 0 aliphatic heterocycles. The Morgan fingerprint density at radius 1 is 1.13 bits per heavy atom. The van der Waals surface area contributed by atoms with E-state index in [9.17, 15) is 9.59 Å². The molecule has 3 rings (SSSR count). The van der Waals surface area contributed by atoms with E-state index < -0.39 is 0 Å². The zero-order valence-electron chi connectivity index (χ0n) is 12.2. The Kier molecular flexibility index (Phi) is 4.39. The van der Waals surface area contributed by atoms with Crippen LogP contribution in [0.4, 0.5) is 0 Å². The van der Waals surface area contributed by atoms with E-state index >= 15 is 0 Å². The predicted molar refractivity (Wildman–Crippen MR) is 89.4 cm³/mol. The van der Waals surface area contributed by atoms with Crippen LogP contribution in [-0.2, 0) is 17.8 Å². The van der Waals surface area contributed by atoms with E-state index in [1.54, 1.807) is 30.3 Å². The minimum Gasteiger partial charge on any atom is -0.352 e. The van der Waals surface area contributed by atoms with Crippen LogP contribution in [0.5, 0.6) is 0 Å². The lowest BCUT2D eigenvalue weighted by Gasteiger charge is -2.07. The number of halogens is 1. The molecule has 23 heavy (non-hydrogen) atoms. The normalized spacial score (nSPS) is 10.7. The van der Waals surface area contributed by atoms with Gasteiger partial charge in [-0.1, -0.05) is 41.9 Å². The third-order valence-corrected chi connectivity index (χ3v) is 3.72. The molecule has 0 radical (unpaired) electrons. The van der Waals surface area contributed by atoms with Crippen LogP contribution in [0.15, 0.2) is 53.3 Å². The Hall–Kier alpha value is -2.66. The lowest BCUT2D eigenvalue weighted by atomic mass is 10.1. The molecule has 0 unspecified atom stereocenters. The molecule has 0 saturated heterocycles. The maximum atomic E-state index is 12.1. The second-order valence-corrected chi connectivity index (χ2v) is 5.56. The van der Waals surface area contributed by atoms with Gasteiger partial charge >= 0.3 is 0 Å². The molecular formula is C17H14ClN3O2. The predicted octanol–water partition coefficient (Wildman–Crippen LogP) is 2.44. The molecule has 0 spiro atoms. The summed E-state index contributed by atoms with van der Waals surface area (Å²) in [5.41, 5.74) is 1.21. The number of carbonyl (C=O) groups is 1. The molecule has 5 nitrogen and oxygen atoms in total. The lowest BCUT2D eigenvalue weighted by Crippen LogP contribution is -2.25. The number of hydrogen-bond donors (Lipinski definition) is 2. The summed E-state index contributed by atoms with van der Waals surface area (Å²) in [5, 5.41) is 11.1. The largest absolute Gasteiger partial charge is 0.352 e. The molecule has 0 aliphatic rings. The number of nitrogens with zero attached hydrogens (tertiary/aromatic N) is 1. The molecule has 0 saturated carbocycles. The highest BCUT2D eigenvalue weighted by Gasteiger charge is 2.10. The van der Waals surface area contributed by atoms with Crippen LogP contribution in [0.2, 0.25) is 5.02 Å². The molecule has 0 fully saturated rings. The van der Waals surface area contributed by atoms with Crippen molar-refractivity contribution in [2.75, 3.05) is 0 Å². The number of aromatic nitrogens is 2. The standard InChI is InChI=1S/C17H14ClN3O2/c18-12-5-3-4-11(8-12)10-19-16(22)9-15-13-6-1-2-7-14(13)17(23)21-20-15/h1-8H,9-10H2,(H,19,22)(H,21,23). The van der Waals surface area contributed by atoms with Gasteiger partial charge in [-0.15, -0.1) is 0 Å². The second kappa shape index (κ2) is 6.62. The van der Waals surface area contributed by atoms with Crippen molar-refractivity contribution in [1.29, 1.82) is 0 Å². The van der Waals surface area contributed by atoms with Gasteiger partial charge in [-0.2, -0.15) is 5.10 Å². The molecule has 116 valence electrons. The zero-order valence-corrected chi connectivity index (χ0v) is 12.9. The first-order valence-corrected chi connectivity index (χ1v) is 7.49. The summed E-state index contributed by atoms with van der Waals surface area (Å²) in [4.78, 5) is 23.9. The maximum Gasteiger partial charge on any atom is 0.272 e. The molecule has 3 aromatic rings. The summed E-state index contributed by atoms with van der Waals surface area (Å²) in [6, 6.07) is 14.4. The summed E-state index contributed by atoms with van der Waals surface area (Å²) >= 11 is 5.91. The fraction of sp³-hybridized carbons (Fsp3) is 0.118. The summed E-state index contributed by atoms with van der Waals surface area (Å²) in [6.45, 7) is 0.390. The van der Waals surface area contributed by atoms with Gasteiger partial charge < -0.3 is 5.32 Å². The SMILES string of the molecule is O=C(Cc1n[nH]c(=O)c2ccccc12)NCc1cccc(Cl)c1. The highest BCUT2D eigenvalue weighted by Crippen LogP contribution is 2.13. The number of fused-ring (bicyclic) bond motifs is 1. The van der Waals surface area contributed by atoms with Gasteiger partial charge in [0.1, 0.15) is 0 Å². The molecule has 2 aromatic carbocycles. The van der Waals surface area contributed by atoms with Gasteiger partial charge in [0.15, 0.2) is 0 Å². The average molecular weight is 328 g/mol. The minimum absolute atomic E-state index is 0.0951. The average Bonchev–Trinajstić information content (AvgIpc) is 2.56. The molecular weight excluding hydrogens is 314 g/mol. The highest BCUT2D eigenvalue weighted by atomic mass is 35.5. The van der Waals surface area contributed by atoms with Crippen molar-refractivity contribution in [2.45, 2.75) is 13.0 Å². The summed E-state index contributed by atoms with van der Waals surface area (Å²) in [6.07, 6.45) is 0.0951. The minimum atomic E-state index is -0.260. The van der Waals surface area contributed by atoms with Crippen molar-refractivity contribution in [3.05, 3.63) is 75.2 Å². The zero-order chi connectivity index (χ0) is 16.2. The van der Waals surface area contributed by atoms with Crippen molar-refractivity contribution in [3.8, 4) is 0 Å². The number of benzene rings is 2. The van der Waals surface area contributed by atoms with Gasteiger partial charge in [-0.3, -0.25) is 9.59 Å². The monoisotopic (exact) mass is 327 g/mol. The number of carbonyl (C=O) groups excluding carboxylic acids is 1. The fourth-order valence-electron chi connectivity index (χ4n) is 2.37. The Balaban J connectivity index is 1.73. The van der Waals surface area contributed by atoms with Crippen molar-refractivity contribution < 1.29 is 4.79 Å². The Morgan fingerprint density at radius 3 is 2.70 bits per heavy atom. The molecule has 1 aromatic heterocycles. The Labute approximate surface area is 137 Å². The summed E-state index contributed by atoms with van der Waals surface area (Å²) < 4.78 is 0. The first kappa shape index (κ1) is 15.2. The summed E-state index contributed by atoms with van der Waals surface area (Å²) in [7, 11) is 0. The van der Waals surface area contributed by atoms with Crippen LogP contribution in [-0.4, -0.2) is 16.1 Å². The molecule has 1 heterocycles. The first-order chi connectivity index (χ1) is 11.1. The quantitative estimate of drug-likeness (QED) is 0.773. The van der Waals surface area contributed by atoms with Crippen molar-refractivity contribution >= 4 is 28.3 Å². The molecule has 1 amide bonds. The third kappa shape index (κ3) is 3.57. The van der Waals surface area contributed by atoms with Crippen LogP contribution in [0.3, 0.4) is 0 Å². The van der Waals surface area contributed by atoms with Crippen LogP contribution >= 0.6 is 11.6 Å². The molecule has 2 N–H and O–H groups in total. The number of aromatic amines is 1. The number of hydrogen-bond acceptors (Lipinski definition) is 3. The molecule has 0 atom stereocenters. The Bertz CT molecular complexity index is 921.